The third kappa shape index (κ3) is 6.60. The molecule has 0 saturated heterocycles. The molecule has 0 radical (unpaired) electrons. The SMILES string of the molecule is COC(=O)C1=CSC([C@H](O)CC(NC(=O)OC(C)(C)C)C(C)C)N1. The van der Waals surface area contributed by atoms with E-state index in [1.165, 1.54) is 18.9 Å². The third-order valence-electron chi connectivity index (χ3n) is 3.39. The predicted octanol–water partition coefficient (Wildman–Crippen LogP) is 1.96. The average Bonchev–Trinajstić information content (AvgIpc) is 2.93. The number of thioether (sulfide) groups is 1. The summed E-state index contributed by atoms with van der Waals surface area (Å²) >= 11 is 1.32. The number of nitrogens with one attached hydrogen (secondary N) is 2. The van der Waals surface area contributed by atoms with Crippen LogP contribution >= 0.6 is 11.8 Å². The number of carbonyl (C=O) groups excluding carboxylic acids is 2. The molecule has 8 heteroatoms. The molecule has 0 bridgehead atoms. The molecule has 24 heavy (non-hydrogen) atoms. The van der Waals surface area contributed by atoms with Crippen LogP contribution in [0.2, 0.25) is 0 Å². The fourth-order valence-electron chi connectivity index (χ4n) is 2.11. The lowest BCUT2D eigenvalue weighted by Gasteiger charge is -2.29. The van der Waals surface area contributed by atoms with Gasteiger partial charge in [0.2, 0.25) is 0 Å². The van der Waals surface area contributed by atoms with Gasteiger partial charge in [-0.25, -0.2) is 9.59 Å². The van der Waals surface area contributed by atoms with Gasteiger partial charge >= 0.3 is 12.1 Å². The molecule has 0 fully saturated rings. The summed E-state index contributed by atoms with van der Waals surface area (Å²) in [5.41, 5.74) is -0.250. The van der Waals surface area contributed by atoms with Crippen molar-refractivity contribution in [3.63, 3.8) is 0 Å². The first-order valence-electron chi connectivity index (χ1n) is 7.91. The number of methoxy groups -OCH3 is 1. The minimum Gasteiger partial charge on any atom is -0.464 e. The van der Waals surface area contributed by atoms with Gasteiger partial charge in [-0.15, -0.1) is 11.8 Å². The van der Waals surface area contributed by atoms with Crippen molar-refractivity contribution in [1.29, 1.82) is 0 Å². The van der Waals surface area contributed by atoms with Crippen molar-refractivity contribution in [2.75, 3.05) is 7.11 Å². The monoisotopic (exact) mass is 360 g/mol. The maximum absolute atomic E-state index is 11.9. The Morgan fingerprint density at radius 1 is 1.42 bits per heavy atom. The second kappa shape index (κ2) is 8.62. The Labute approximate surface area is 147 Å². The van der Waals surface area contributed by atoms with Gasteiger partial charge in [0.05, 0.1) is 13.2 Å². The first kappa shape index (κ1) is 20.6. The molecule has 0 saturated carbocycles. The summed E-state index contributed by atoms with van der Waals surface area (Å²) in [6, 6.07) is -0.251. The highest BCUT2D eigenvalue weighted by molar-refractivity contribution is 8.03. The van der Waals surface area contributed by atoms with Gasteiger partial charge in [0, 0.05) is 11.4 Å². The minimum atomic E-state index is -0.754. The predicted molar refractivity (Wildman–Crippen MR) is 93.2 cm³/mol. The number of esters is 1. The molecular weight excluding hydrogens is 332 g/mol. The molecule has 1 heterocycles. The summed E-state index contributed by atoms with van der Waals surface area (Å²) in [5, 5.41) is 17.4. The van der Waals surface area contributed by atoms with Crippen LogP contribution in [-0.4, -0.2) is 47.4 Å². The number of amides is 1. The summed E-state index contributed by atoms with van der Waals surface area (Å²) in [6.45, 7) is 9.31. The molecule has 3 atom stereocenters. The zero-order chi connectivity index (χ0) is 18.5. The fraction of sp³-hybridized carbons (Fsp3) is 0.750. The number of aliphatic hydroxyl groups is 1. The second-order valence-electron chi connectivity index (χ2n) is 7.02. The minimum absolute atomic E-state index is 0.117. The van der Waals surface area contributed by atoms with Gasteiger partial charge in [-0.1, -0.05) is 13.8 Å². The standard InChI is InChI=1S/C16H28N2O5S/c1-9(2)10(18-15(21)23-16(3,4)5)7-12(19)13-17-11(8-24-13)14(20)22-6/h8-10,12-13,17,19H,7H2,1-6H3,(H,18,21)/t10?,12-,13?/m1/s1. The first-order valence-corrected chi connectivity index (χ1v) is 8.86. The van der Waals surface area contributed by atoms with E-state index in [9.17, 15) is 14.7 Å². The zero-order valence-corrected chi connectivity index (χ0v) is 15.9. The molecule has 1 aliphatic rings. The van der Waals surface area contributed by atoms with E-state index < -0.39 is 23.8 Å². The van der Waals surface area contributed by atoms with E-state index in [1.54, 1.807) is 26.2 Å². The first-order chi connectivity index (χ1) is 11.0. The van der Waals surface area contributed by atoms with E-state index in [2.05, 4.69) is 15.4 Å². The molecule has 1 amide bonds. The van der Waals surface area contributed by atoms with Crippen LogP contribution in [-0.2, 0) is 14.3 Å². The molecule has 0 aromatic heterocycles. The molecule has 0 spiro atoms. The molecule has 1 aliphatic heterocycles. The fourth-order valence-corrected chi connectivity index (χ4v) is 3.04. The van der Waals surface area contributed by atoms with Crippen molar-refractivity contribution in [1.82, 2.24) is 10.6 Å². The van der Waals surface area contributed by atoms with Gasteiger partial charge < -0.3 is 25.2 Å². The van der Waals surface area contributed by atoms with Gasteiger partial charge in [-0.2, -0.15) is 0 Å². The van der Waals surface area contributed by atoms with Crippen LogP contribution in [0, 0.1) is 5.92 Å². The van der Waals surface area contributed by atoms with Gasteiger partial charge in [-0.3, -0.25) is 0 Å². The second-order valence-corrected chi connectivity index (χ2v) is 8.04. The maximum atomic E-state index is 11.9. The van der Waals surface area contributed by atoms with Crippen molar-refractivity contribution < 1.29 is 24.2 Å². The smallest absolute Gasteiger partial charge is 0.407 e. The number of hydrogen-bond donors (Lipinski definition) is 3. The molecule has 138 valence electrons. The normalized spacial score (nSPS) is 20.0. The third-order valence-corrected chi connectivity index (χ3v) is 4.48. The number of carbonyl (C=O) groups is 2. The number of ether oxygens (including phenoxy) is 2. The van der Waals surface area contributed by atoms with Gasteiger partial charge in [0.1, 0.15) is 16.7 Å². The number of alkyl carbamates (subject to hydrolysis) is 1. The lowest BCUT2D eigenvalue weighted by molar-refractivity contribution is -0.136. The highest BCUT2D eigenvalue weighted by Gasteiger charge is 2.31. The van der Waals surface area contributed by atoms with E-state index in [-0.39, 0.29) is 17.3 Å². The van der Waals surface area contributed by atoms with E-state index in [4.69, 9.17) is 4.74 Å². The van der Waals surface area contributed by atoms with Crippen molar-refractivity contribution >= 4 is 23.8 Å². The molecular formula is C16H28N2O5S. The summed E-state index contributed by atoms with van der Waals surface area (Å²) in [4.78, 5) is 23.4. The largest absolute Gasteiger partial charge is 0.464 e. The molecule has 1 rings (SSSR count). The highest BCUT2D eigenvalue weighted by atomic mass is 32.2. The Balaban J connectivity index is 2.57. The Hall–Kier alpha value is -1.41. The van der Waals surface area contributed by atoms with Crippen molar-refractivity contribution in [3.05, 3.63) is 11.1 Å². The van der Waals surface area contributed by atoms with Crippen LogP contribution in [0.4, 0.5) is 4.79 Å². The van der Waals surface area contributed by atoms with Gasteiger partial charge in [0.25, 0.3) is 0 Å². The van der Waals surface area contributed by atoms with Crippen molar-refractivity contribution in [2.45, 2.75) is 64.2 Å². The van der Waals surface area contributed by atoms with E-state index >= 15 is 0 Å². The summed E-state index contributed by atoms with van der Waals surface area (Å²) in [6.07, 6.45) is -0.923. The maximum Gasteiger partial charge on any atom is 0.407 e. The van der Waals surface area contributed by atoms with Crippen LogP contribution in [0.3, 0.4) is 0 Å². The Morgan fingerprint density at radius 3 is 2.54 bits per heavy atom. The molecule has 7 nitrogen and oxygen atoms in total. The highest BCUT2D eigenvalue weighted by Crippen LogP contribution is 2.26. The van der Waals surface area contributed by atoms with Crippen molar-refractivity contribution in [3.8, 4) is 0 Å². The quantitative estimate of drug-likeness (QED) is 0.623. The van der Waals surface area contributed by atoms with Crippen molar-refractivity contribution in [2.24, 2.45) is 5.92 Å². The molecule has 0 aromatic carbocycles. The lowest BCUT2D eigenvalue weighted by atomic mass is 9.98. The summed E-state index contributed by atoms with van der Waals surface area (Å²) in [5.74, 6) is -0.351. The van der Waals surface area contributed by atoms with Gasteiger partial charge in [-0.05, 0) is 33.1 Å². The molecule has 0 aromatic rings. The summed E-state index contributed by atoms with van der Waals surface area (Å²) < 4.78 is 9.91. The van der Waals surface area contributed by atoms with Crippen LogP contribution in [0.15, 0.2) is 11.1 Å². The topological polar surface area (TPSA) is 96.9 Å². The van der Waals surface area contributed by atoms with Crippen LogP contribution in [0.25, 0.3) is 0 Å². The van der Waals surface area contributed by atoms with E-state index in [0.29, 0.717) is 12.1 Å². The van der Waals surface area contributed by atoms with Crippen LogP contribution < -0.4 is 10.6 Å². The Kier molecular flexibility index (Phi) is 7.41. The number of aliphatic hydroxyl groups excluding tert-OH is 1. The van der Waals surface area contributed by atoms with E-state index in [1.807, 2.05) is 13.8 Å². The molecule has 2 unspecified atom stereocenters. The lowest BCUT2D eigenvalue weighted by Crippen LogP contribution is -2.46. The Morgan fingerprint density at radius 2 is 2.04 bits per heavy atom. The zero-order valence-electron chi connectivity index (χ0n) is 15.1. The molecule has 0 aliphatic carbocycles. The number of rotatable bonds is 6. The van der Waals surface area contributed by atoms with E-state index in [0.717, 1.165) is 0 Å². The molecule has 3 N–H and O–H groups in total. The van der Waals surface area contributed by atoms with Crippen LogP contribution in [0.5, 0.6) is 0 Å². The Bertz CT molecular complexity index is 487. The number of hydrogen-bond acceptors (Lipinski definition) is 7. The van der Waals surface area contributed by atoms with Gasteiger partial charge in [0.15, 0.2) is 0 Å². The average molecular weight is 360 g/mol. The van der Waals surface area contributed by atoms with Crippen LogP contribution in [0.1, 0.15) is 41.0 Å². The summed E-state index contributed by atoms with van der Waals surface area (Å²) in [7, 11) is 1.30.